The van der Waals surface area contributed by atoms with Crippen LogP contribution in [0.4, 0.5) is 0 Å². The lowest BCUT2D eigenvalue weighted by Crippen LogP contribution is -2.46. The van der Waals surface area contributed by atoms with E-state index in [1.165, 1.54) is 5.56 Å². The predicted molar refractivity (Wildman–Crippen MR) is 82.1 cm³/mol. The van der Waals surface area contributed by atoms with Crippen molar-refractivity contribution in [2.45, 2.75) is 57.5 Å². The molecule has 1 atom stereocenters. The van der Waals surface area contributed by atoms with Crippen LogP contribution < -0.4 is 0 Å². The van der Waals surface area contributed by atoms with E-state index in [1.807, 2.05) is 24.5 Å². The van der Waals surface area contributed by atoms with Crippen molar-refractivity contribution in [1.82, 2.24) is 9.88 Å². The van der Waals surface area contributed by atoms with E-state index < -0.39 is 0 Å². The molecule has 4 nitrogen and oxygen atoms in total. The smallest absolute Gasteiger partial charge is 0.0840 e. The Kier molecular flexibility index (Phi) is 4.57. The molecular formula is C17H26N2O2. The Morgan fingerprint density at radius 1 is 1.33 bits per heavy atom. The Morgan fingerprint density at radius 2 is 2.05 bits per heavy atom. The van der Waals surface area contributed by atoms with Crippen molar-refractivity contribution >= 4 is 0 Å². The number of hydrogen-bond donors (Lipinski definition) is 0. The molecule has 1 aromatic heterocycles. The molecule has 2 saturated heterocycles. The van der Waals surface area contributed by atoms with E-state index in [2.05, 4.69) is 23.7 Å². The third kappa shape index (κ3) is 3.62. The van der Waals surface area contributed by atoms with Gasteiger partial charge < -0.3 is 14.4 Å². The van der Waals surface area contributed by atoms with Crippen molar-refractivity contribution in [3.05, 3.63) is 30.1 Å². The molecule has 1 spiro atoms. The second-order valence-corrected chi connectivity index (χ2v) is 6.62. The molecule has 0 radical (unpaired) electrons. The molecule has 0 aliphatic carbocycles. The van der Waals surface area contributed by atoms with Gasteiger partial charge in [-0.05, 0) is 44.4 Å². The van der Waals surface area contributed by atoms with Crippen LogP contribution in [0.1, 0.15) is 38.7 Å². The fraction of sp³-hybridized carbons (Fsp3) is 0.706. The molecule has 0 N–H and O–H groups in total. The molecule has 3 heterocycles. The minimum Gasteiger partial charge on any atom is -0.372 e. The lowest BCUT2D eigenvalue weighted by molar-refractivity contribution is -0.0501. The Balaban J connectivity index is 1.47. The quantitative estimate of drug-likeness (QED) is 0.854. The standard InChI is InChI=1S/C17H26N2O2/c1-14(2)19-9-5-17(6-10-19)11-16(13-21-17)20-12-15-3-7-18-8-4-15/h3-4,7-8,14,16H,5-6,9-13H2,1-2H3/t16-/m1/s1. The van der Waals surface area contributed by atoms with Crippen LogP contribution in [0.25, 0.3) is 0 Å². The third-order valence-corrected chi connectivity index (χ3v) is 4.85. The van der Waals surface area contributed by atoms with Crippen LogP contribution >= 0.6 is 0 Å². The Labute approximate surface area is 127 Å². The highest BCUT2D eigenvalue weighted by Crippen LogP contribution is 2.37. The Morgan fingerprint density at radius 3 is 2.71 bits per heavy atom. The van der Waals surface area contributed by atoms with Crippen LogP contribution in [0.15, 0.2) is 24.5 Å². The van der Waals surface area contributed by atoms with Gasteiger partial charge in [-0.3, -0.25) is 4.98 Å². The zero-order valence-electron chi connectivity index (χ0n) is 13.1. The van der Waals surface area contributed by atoms with Crippen LogP contribution in [0, 0.1) is 0 Å². The predicted octanol–water partition coefficient (Wildman–Crippen LogP) is 2.63. The van der Waals surface area contributed by atoms with Gasteiger partial charge in [0.1, 0.15) is 0 Å². The first-order valence-corrected chi connectivity index (χ1v) is 8.05. The molecule has 0 unspecified atom stereocenters. The summed E-state index contributed by atoms with van der Waals surface area (Å²) in [6.45, 7) is 8.24. The molecule has 2 fully saturated rings. The summed E-state index contributed by atoms with van der Waals surface area (Å²) in [6.07, 6.45) is 7.19. The normalized spacial score (nSPS) is 25.8. The summed E-state index contributed by atoms with van der Waals surface area (Å²) >= 11 is 0. The summed E-state index contributed by atoms with van der Waals surface area (Å²) in [6, 6.07) is 4.65. The number of aromatic nitrogens is 1. The average Bonchev–Trinajstić information content (AvgIpc) is 2.90. The monoisotopic (exact) mass is 290 g/mol. The highest BCUT2D eigenvalue weighted by atomic mass is 16.6. The van der Waals surface area contributed by atoms with Crippen molar-refractivity contribution in [2.24, 2.45) is 0 Å². The minimum absolute atomic E-state index is 0.0777. The summed E-state index contributed by atoms with van der Waals surface area (Å²) in [7, 11) is 0. The maximum atomic E-state index is 6.15. The molecule has 116 valence electrons. The van der Waals surface area contributed by atoms with Gasteiger partial charge in [-0.1, -0.05) is 0 Å². The molecule has 0 saturated carbocycles. The molecule has 0 aromatic carbocycles. The minimum atomic E-state index is 0.0777. The van der Waals surface area contributed by atoms with Crippen molar-refractivity contribution in [3.63, 3.8) is 0 Å². The topological polar surface area (TPSA) is 34.6 Å². The highest BCUT2D eigenvalue weighted by Gasteiger charge is 2.43. The van der Waals surface area contributed by atoms with E-state index in [9.17, 15) is 0 Å². The van der Waals surface area contributed by atoms with E-state index in [0.29, 0.717) is 12.6 Å². The van der Waals surface area contributed by atoms with Crippen molar-refractivity contribution in [1.29, 1.82) is 0 Å². The second kappa shape index (κ2) is 6.42. The first-order chi connectivity index (χ1) is 10.2. The lowest BCUT2D eigenvalue weighted by Gasteiger charge is -2.40. The molecule has 2 aliphatic rings. The molecular weight excluding hydrogens is 264 g/mol. The fourth-order valence-corrected chi connectivity index (χ4v) is 3.40. The van der Waals surface area contributed by atoms with Gasteiger partial charge in [-0.25, -0.2) is 0 Å². The zero-order chi connectivity index (χ0) is 14.7. The highest BCUT2D eigenvalue weighted by molar-refractivity contribution is 5.08. The number of nitrogens with zero attached hydrogens (tertiary/aromatic N) is 2. The van der Waals surface area contributed by atoms with E-state index in [0.717, 1.165) is 39.0 Å². The fourth-order valence-electron chi connectivity index (χ4n) is 3.40. The first kappa shape index (κ1) is 14.9. The van der Waals surface area contributed by atoms with Crippen LogP contribution in [0.3, 0.4) is 0 Å². The molecule has 3 rings (SSSR count). The van der Waals surface area contributed by atoms with Crippen LogP contribution in [-0.2, 0) is 16.1 Å². The zero-order valence-corrected chi connectivity index (χ0v) is 13.1. The first-order valence-electron chi connectivity index (χ1n) is 8.05. The van der Waals surface area contributed by atoms with Crippen LogP contribution in [-0.4, -0.2) is 47.3 Å². The van der Waals surface area contributed by atoms with Gasteiger partial charge in [0.25, 0.3) is 0 Å². The van der Waals surface area contributed by atoms with Gasteiger partial charge in [0, 0.05) is 37.9 Å². The van der Waals surface area contributed by atoms with E-state index in [-0.39, 0.29) is 11.7 Å². The lowest BCUT2D eigenvalue weighted by atomic mass is 9.87. The van der Waals surface area contributed by atoms with E-state index in [1.54, 1.807) is 0 Å². The molecule has 21 heavy (non-hydrogen) atoms. The summed E-state index contributed by atoms with van der Waals surface area (Å²) in [4.78, 5) is 6.57. The Hall–Kier alpha value is -0.970. The van der Waals surface area contributed by atoms with Crippen molar-refractivity contribution < 1.29 is 9.47 Å². The number of rotatable bonds is 4. The van der Waals surface area contributed by atoms with Gasteiger partial charge in [-0.15, -0.1) is 0 Å². The molecule has 0 bridgehead atoms. The second-order valence-electron chi connectivity index (χ2n) is 6.62. The maximum absolute atomic E-state index is 6.15. The molecule has 1 aromatic rings. The maximum Gasteiger partial charge on any atom is 0.0840 e. The van der Waals surface area contributed by atoms with Gasteiger partial charge >= 0.3 is 0 Å². The van der Waals surface area contributed by atoms with Gasteiger partial charge in [0.05, 0.1) is 24.9 Å². The number of piperidine rings is 1. The van der Waals surface area contributed by atoms with Gasteiger partial charge in [0.15, 0.2) is 0 Å². The number of likely N-dealkylation sites (tertiary alicyclic amines) is 1. The number of ether oxygens (including phenoxy) is 2. The third-order valence-electron chi connectivity index (χ3n) is 4.85. The average molecular weight is 290 g/mol. The summed E-state index contributed by atoms with van der Waals surface area (Å²) in [5, 5.41) is 0. The number of pyridine rings is 1. The van der Waals surface area contributed by atoms with Crippen LogP contribution in [0.5, 0.6) is 0 Å². The summed E-state index contributed by atoms with van der Waals surface area (Å²) < 4.78 is 12.2. The molecule has 0 amide bonds. The van der Waals surface area contributed by atoms with Gasteiger partial charge in [-0.2, -0.15) is 0 Å². The summed E-state index contributed by atoms with van der Waals surface area (Å²) in [5.74, 6) is 0. The summed E-state index contributed by atoms with van der Waals surface area (Å²) in [5.41, 5.74) is 1.26. The van der Waals surface area contributed by atoms with Crippen molar-refractivity contribution in [2.75, 3.05) is 19.7 Å². The van der Waals surface area contributed by atoms with Gasteiger partial charge in [0.2, 0.25) is 0 Å². The van der Waals surface area contributed by atoms with Crippen LogP contribution in [0.2, 0.25) is 0 Å². The largest absolute Gasteiger partial charge is 0.372 e. The number of hydrogen-bond acceptors (Lipinski definition) is 4. The van der Waals surface area contributed by atoms with Crippen molar-refractivity contribution in [3.8, 4) is 0 Å². The van der Waals surface area contributed by atoms with E-state index >= 15 is 0 Å². The van der Waals surface area contributed by atoms with E-state index in [4.69, 9.17) is 9.47 Å². The molecule has 4 heteroatoms. The SMILES string of the molecule is CC(C)N1CCC2(CC1)C[C@@H](OCc1ccncc1)CO2. The Bertz CT molecular complexity index is 441. The molecule has 2 aliphatic heterocycles.